The van der Waals surface area contributed by atoms with Crippen LogP contribution in [0.5, 0.6) is 11.5 Å². The van der Waals surface area contributed by atoms with E-state index in [9.17, 15) is 5.11 Å². The molecule has 0 unspecified atom stereocenters. The summed E-state index contributed by atoms with van der Waals surface area (Å²) in [6, 6.07) is 8.07. The number of aromatic hydroxyl groups is 1. The second kappa shape index (κ2) is 6.15. The van der Waals surface area contributed by atoms with Gasteiger partial charge in [-0.3, -0.25) is 0 Å². The molecule has 3 nitrogen and oxygen atoms in total. The zero-order valence-corrected chi connectivity index (χ0v) is 16.7. The number of methoxy groups -OCH3 is 1. The molecule has 0 saturated heterocycles. The molecule has 0 atom stereocenters. The van der Waals surface area contributed by atoms with Gasteiger partial charge in [-0.2, -0.15) is 0 Å². The number of benzene rings is 2. The molecule has 0 heterocycles. The molecule has 0 bridgehead atoms. The number of hydrogen-bond acceptors (Lipinski definition) is 3. The second-order valence-electron chi connectivity index (χ2n) is 8.74. The third kappa shape index (κ3) is 2.90. The number of phenols is 1. The molecule has 0 saturated carbocycles. The van der Waals surface area contributed by atoms with E-state index in [2.05, 4.69) is 46.8 Å². The van der Waals surface area contributed by atoms with Crippen molar-refractivity contribution in [2.45, 2.75) is 58.3 Å². The topological polar surface area (TPSA) is 53.3 Å². The van der Waals surface area contributed by atoms with Crippen LogP contribution in [0.15, 0.2) is 24.3 Å². The van der Waals surface area contributed by atoms with Crippen LogP contribution in [0.2, 0.25) is 0 Å². The minimum atomic E-state index is 0.0673. The molecule has 0 spiro atoms. The largest absolute Gasteiger partial charge is 0.507 e. The molecule has 2 aromatic rings. The first-order chi connectivity index (χ1) is 12.1. The monoisotopic (exact) mass is 351 g/mol. The molecule has 0 radical (unpaired) electrons. The Hall–Kier alpha value is -2.29. The lowest BCUT2D eigenvalue weighted by atomic mass is 9.62. The van der Waals surface area contributed by atoms with Crippen LogP contribution in [-0.4, -0.2) is 18.4 Å². The number of hydrogen-bond donors (Lipinski definition) is 2. The third-order valence-corrected chi connectivity index (χ3v) is 5.99. The van der Waals surface area contributed by atoms with Crippen molar-refractivity contribution >= 4 is 6.21 Å². The summed E-state index contributed by atoms with van der Waals surface area (Å²) in [5.74, 6) is 0.696. The minimum absolute atomic E-state index is 0.0673. The first kappa shape index (κ1) is 18.5. The molecule has 0 aromatic heterocycles. The van der Waals surface area contributed by atoms with Crippen LogP contribution in [0.3, 0.4) is 0 Å². The van der Waals surface area contributed by atoms with Crippen LogP contribution in [0.4, 0.5) is 0 Å². The summed E-state index contributed by atoms with van der Waals surface area (Å²) >= 11 is 0. The molecule has 2 N–H and O–H groups in total. The molecule has 26 heavy (non-hydrogen) atoms. The van der Waals surface area contributed by atoms with Gasteiger partial charge in [-0.15, -0.1) is 0 Å². The van der Waals surface area contributed by atoms with E-state index in [-0.39, 0.29) is 16.6 Å². The number of fused-ring (bicyclic) bond motifs is 1. The molecule has 1 aliphatic rings. The first-order valence-electron chi connectivity index (χ1n) is 9.18. The summed E-state index contributed by atoms with van der Waals surface area (Å²) in [6.45, 7) is 11.4. The van der Waals surface area contributed by atoms with E-state index in [0.29, 0.717) is 11.3 Å². The molecule has 0 fully saturated rings. The zero-order chi connectivity index (χ0) is 19.3. The summed E-state index contributed by atoms with van der Waals surface area (Å²) in [7, 11) is 1.61. The predicted molar refractivity (Wildman–Crippen MR) is 108 cm³/mol. The van der Waals surface area contributed by atoms with Crippen LogP contribution >= 0.6 is 0 Å². The Labute approximate surface area is 156 Å². The fourth-order valence-corrected chi connectivity index (χ4v) is 4.09. The van der Waals surface area contributed by atoms with Gasteiger partial charge in [0.15, 0.2) is 0 Å². The smallest absolute Gasteiger partial charge is 0.130 e. The SMILES string of the molecule is COc1cc(O)c(C=N)cc1-c1cc2c(cc1C)C(C)(C)CCC2(C)C. The fraction of sp³-hybridized carbons (Fsp3) is 0.435. The molecule has 0 amide bonds. The number of ether oxygens (including phenoxy) is 1. The Kier molecular flexibility index (Phi) is 4.38. The maximum atomic E-state index is 10.1. The van der Waals surface area contributed by atoms with Crippen molar-refractivity contribution in [1.82, 2.24) is 0 Å². The quantitative estimate of drug-likeness (QED) is 0.695. The second-order valence-corrected chi connectivity index (χ2v) is 8.74. The molecular formula is C23H29NO2. The molecule has 3 rings (SSSR count). The molecule has 1 aliphatic carbocycles. The van der Waals surface area contributed by atoms with Crippen molar-refractivity contribution in [2.24, 2.45) is 0 Å². The molecule has 3 heteroatoms. The van der Waals surface area contributed by atoms with Crippen molar-refractivity contribution in [3.8, 4) is 22.6 Å². The van der Waals surface area contributed by atoms with Crippen molar-refractivity contribution in [3.63, 3.8) is 0 Å². The van der Waals surface area contributed by atoms with Gasteiger partial charge in [0.2, 0.25) is 0 Å². The van der Waals surface area contributed by atoms with Crippen molar-refractivity contribution in [2.75, 3.05) is 7.11 Å². The molecule has 0 aliphatic heterocycles. The van der Waals surface area contributed by atoms with E-state index in [1.807, 2.05) is 6.07 Å². The minimum Gasteiger partial charge on any atom is -0.507 e. The number of nitrogens with one attached hydrogen (secondary N) is 1. The van der Waals surface area contributed by atoms with Gasteiger partial charge >= 0.3 is 0 Å². The van der Waals surface area contributed by atoms with E-state index in [1.54, 1.807) is 13.2 Å². The van der Waals surface area contributed by atoms with Gasteiger partial charge in [0.25, 0.3) is 0 Å². The van der Waals surface area contributed by atoms with Crippen LogP contribution in [0.1, 0.15) is 62.8 Å². The molecule has 138 valence electrons. The van der Waals surface area contributed by atoms with E-state index in [4.69, 9.17) is 10.1 Å². The molecule has 2 aromatic carbocycles. The Balaban J connectivity index is 2.30. The van der Waals surface area contributed by atoms with Crippen LogP contribution < -0.4 is 4.74 Å². The van der Waals surface area contributed by atoms with Gasteiger partial charge in [0.05, 0.1) is 7.11 Å². The summed E-state index contributed by atoms with van der Waals surface area (Å²) in [6.07, 6.45) is 3.53. The fourth-order valence-electron chi connectivity index (χ4n) is 4.09. The maximum absolute atomic E-state index is 10.1. The van der Waals surface area contributed by atoms with Gasteiger partial charge in [-0.05, 0) is 65.0 Å². The highest BCUT2D eigenvalue weighted by atomic mass is 16.5. The van der Waals surface area contributed by atoms with E-state index in [1.165, 1.54) is 29.3 Å². The lowest BCUT2D eigenvalue weighted by Gasteiger charge is -2.42. The number of phenolic OH excluding ortho intramolecular Hbond substituents is 1. The van der Waals surface area contributed by atoms with Crippen molar-refractivity contribution < 1.29 is 9.84 Å². The zero-order valence-electron chi connectivity index (χ0n) is 16.7. The van der Waals surface area contributed by atoms with Gasteiger partial charge < -0.3 is 15.3 Å². The number of aryl methyl sites for hydroxylation is 1. The average Bonchev–Trinajstić information content (AvgIpc) is 2.58. The first-order valence-corrected chi connectivity index (χ1v) is 9.18. The lowest BCUT2D eigenvalue weighted by Crippen LogP contribution is -2.34. The number of rotatable bonds is 3. The summed E-state index contributed by atoms with van der Waals surface area (Å²) in [4.78, 5) is 0. The maximum Gasteiger partial charge on any atom is 0.130 e. The standard InChI is InChI=1S/C23H29NO2/c1-14-9-18-19(23(4,5)8-7-22(18,2)3)11-16(14)17-10-15(13-24)20(25)12-21(17)26-6/h9-13,24-25H,7-8H2,1-6H3. The highest BCUT2D eigenvalue weighted by Crippen LogP contribution is 2.48. The summed E-state index contributed by atoms with van der Waals surface area (Å²) in [5.41, 5.74) is 6.83. The third-order valence-electron chi connectivity index (χ3n) is 5.99. The van der Waals surface area contributed by atoms with E-state index >= 15 is 0 Å². The molecular weight excluding hydrogens is 322 g/mol. The van der Waals surface area contributed by atoms with Crippen LogP contribution in [0, 0.1) is 12.3 Å². The van der Waals surface area contributed by atoms with Gasteiger partial charge in [-0.25, -0.2) is 0 Å². The Bertz CT molecular complexity index is 878. The average molecular weight is 351 g/mol. The Morgan fingerprint density at radius 3 is 2.08 bits per heavy atom. The van der Waals surface area contributed by atoms with Crippen LogP contribution in [0.25, 0.3) is 11.1 Å². The van der Waals surface area contributed by atoms with E-state index < -0.39 is 0 Å². The highest BCUT2D eigenvalue weighted by molar-refractivity contribution is 5.87. The van der Waals surface area contributed by atoms with E-state index in [0.717, 1.165) is 17.5 Å². The highest BCUT2D eigenvalue weighted by Gasteiger charge is 2.37. The Morgan fingerprint density at radius 2 is 1.54 bits per heavy atom. The summed E-state index contributed by atoms with van der Waals surface area (Å²) < 4.78 is 5.54. The lowest BCUT2D eigenvalue weighted by molar-refractivity contribution is 0.332. The van der Waals surface area contributed by atoms with Crippen molar-refractivity contribution in [1.29, 1.82) is 5.41 Å². The predicted octanol–water partition coefficient (Wildman–Crippen LogP) is 5.72. The Morgan fingerprint density at radius 1 is 0.962 bits per heavy atom. The van der Waals surface area contributed by atoms with Crippen molar-refractivity contribution in [3.05, 3.63) is 46.5 Å². The normalized spacial score (nSPS) is 17.5. The van der Waals surface area contributed by atoms with Gasteiger partial charge in [0, 0.05) is 23.4 Å². The van der Waals surface area contributed by atoms with Crippen LogP contribution in [-0.2, 0) is 10.8 Å². The summed E-state index contributed by atoms with van der Waals surface area (Å²) in [5, 5.41) is 17.6. The van der Waals surface area contributed by atoms with Gasteiger partial charge in [-0.1, -0.05) is 33.8 Å². The van der Waals surface area contributed by atoms with Gasteiger partial charge in [0.1, 0.15) is 11.5 Å².